The third-order valence-corrected chi connectivity index (χ3v) is 18.3. The SMILES string of the molecule is c1ccc(-n2c3ccccc3c3cc(-c4ccc([Si](c5ccccc5)(c5ccccc5)c5ccc(-n6c7ccccc7c7cc8c(cc76)oc6ccccc68)cc5)cc4)ccc32)cc1. The average molecular weight is 833 g/mol. The average Bonchev–Trinajstić information content (AvgIpc) is 4.02. The molecule has 0 bridgehead atoms. The molecule has 4 heteroatoms. The fourth-order valence-corrected chi connectivity index (χ4v) is 15.3. The van der Waals surface area contributed by atoms with Gasteiger partial charge in [0.2, 0.25) is 0 Å². The molecule has 10 aromatic carbocycles. The Morgan fingerprint density at radius 1 is 0.266 bits per heavy atom. The first-order chi connectivity index (χ1) is 31.7. The molecule has 0 unspecified atom stereocenters. The van der Waals surface area contributed by atoms with Gasteiger partial charge < -0.3 is 13.6 Å². The number of nitrogens with zero attached hydrogens (tertiary/aromatic N) is 2. The lowest BCUT2D eigenvalue weighted by Gasteiger charge is -2.34. The van der Waals surface area contributed by atoms with E-state index in [-0.39, 0.29) is 0 Å². The highest BCUT2D eigenvalue weighted by Gasteiger charge is 2.41. The van der Waals surface area contributed by atoms with Crippen molar-refractivity contribution in [3.05, 3.63) is 243 Å². The van der Waals surface area contributed by atoms with Gasteiger partial charge in [-0.2, -0.15) is 0 Å². The molecule has 3 heterocycles. The van der Waals surface area contributed by atoms with Gasteiger partial charge in [0.15, 0.2) is 8.07 Å². The Balaban J connectivity index is 0.968. The van der Waals surface area contributed by atoms with Crippen LogP contribution >= 0.6 is 0 Å². The molecule has 3 nitrogen and oxygen atoms in total. The third-order valence-electron chi connectivity index (χ3n) is 13.5. The van der Waals surface area contributed by atoms with E-state index in [4.69, 9.17) is 4.42 Å². The van der Waals surface area contributed by atoms with E-state index in [9.17, 15) is 0 Å². The Morgan fingerprint density at radius 3 is 1.36 bits per heavy atom. The van der Waals surface area contributed by atoms with Crippen molar-refractivity contribution in [3.63, 3.8) is 0 Å². The second-order valence-electron chi connectivity index (χ2n) is 16.8. The van der Waals surface area contributed by atoms with Gasteiger partial charge in [0.25, 0.3) is 0 Å². The van der Waals surface area contributed by atoms with Gasteiger partial charge in [0.1, 0.15) is 11.2 Å². The number of hydrogen-bond acceptors (Lipinski definition) is 1. The van der Waals surface area contributed by atoms with Crippen molar-refractivity contribution in [3.8, 4) is 22.5 Å². The summed E-state index contributed by atoms with van der Waals surface area (Å²) in [7, 11) is -2.84. The number of para-hydroxylation sites is 4. The monoisotopic (exact) mass is 832 g/mol. The fourth-order valence-electron chi connectivity index (χ4n) is 10.6. The summed E-state index contributed by atoms with van der Waals surface area (Å²) < 4.78 is 11.2. The van der Waals surface area contributed by atoms with E-state index in [0.29, 0.717) is 0 Å². The molecule has 0 aliphatic carbocycles. The van der Waals surface area contributed by atoms with Crippen LogP contribution in [0.3, 0.4) is 0 Å². The molecule has 0 radical (unpaired) electrons. The van der Waals surface area contributed by atoms with Crippen molar-refractivity contribution in [2.75, 3.05) is 0 Å². The van der Waals surface area contributed by atoms with Crippen LogP contribution in [-0.2, 0) is 0 Å². The summed E-state index contributed by atoms with van der Waals surface area (Å²) in [6, 6.07) is 89.3. The van der Waals surface area contributed by atoms with E-state index in [1.54, 1.807) is 0 Å². The topological polar surface area (TPSA) is 23.0 Å². The number of rotatable bonds is 7. The molecule has 0 N–H and O–H groups in total. The van der Waals surface area contributed by atoms with E-state index < -0.39 is 8.07 Å². The van der Waals surface area contributed by atoms with Gasteiger partial charge in [-0.05, 0) is 92.5 Å². The second kappa shape index (κ2) is 14.5. The fraction of sp³-hybridized carbons (Fsp3) is 0. The predicted molar refractivity (Wildman–Crippen MR) is 271 cm³/mol. The van der Waals surface area contributed by atoms with Crippen LogP contribution in [0.2, 0.25) is 0 Å². The maximum Gasteiger partial charge on any atom is 0.179 e. The van der Waals surface area contributed by atoms with Crippen LogP contribution in [0.1, 0.15) is 0 Å². The standard InChI is InChI=1S/C60H40N2OSi/c1-4-16-43(17-5-1)61-55-25-13-10-22-49(55)52-38-42(30-37-57(52)61)41-28-33-47(34-29-41)64(45-18-6-2-7-19-45,46-20-8-3-9-21-46)48-35-31-44(32-36-48)62-56-26-14-11-23-50(56)53-39-54-51-24-12-15-27-59(51)63-60(54)40-58(53)62/h1-40H. The van der Waals surface area contributed by atoms with Crippen molar-refractivity contribution in [1.29, 1.82) is 0 Å². The molecule has 0 atom stereocenters. The van der Waals surface area contributed by atoms with Gasteiger partial charge in [0, 0.05) is 49.8 Å². The third kappa shape index (κ3) is 5.46. The van der Waals surface area contributed by atoms with Gasteiger partial charge in [-0.1, -0.05) is 176 Å². The van der Waals surface area contributed by atoms with Crippen molar-refractivity contribution in [1.82, 2.24) is 9.13 Å². The molecule has 0 spiro atoms. The summed E-state index contributed by atoms with van der Waals surface area (Å²) in [5.41, 5.74) is 11.2. The molecule has 0 fully saturated rings. The maximum absolute atomic E-state index is 6.44. The molecule has 13 aromatic rings. The summed E-state index contributed by atoms with van der Waals surface area (Å²) in [6.45, 7) is 0. The first kappa shape index (κ1) is 36.5. The summed E-state index contributed by atoms with van der Waals surface area (Å²) in [4.78, 5) is 0. The normalized spacial score (nSPS) is 12.1. The van der Waals surface area contributed by atoms with E-state index in [0.717, 1.165) is 33.1 Å². The highest BCUT2D eigenvalue weighted by Crippen LogP contribution is 2.39. The Kier molecular flexibility index (Phi) is 8.23. The van der Waals surface area contributed by atoms with Gasteiger partial charge in [-0.3, -0.25) is 0 Å². The summed E-state index contributed by atoms with van der Waals surface area (Å²) in [5, 5.41) is 12.6. The smallest absolute Gasteiger partial charge is 0.179 e. The first-order valence-corrected chi connectivity index (χ1v) is 24.0. The Bertz CT molecular complexity index is 3830. The summed E-state index contributed by atoms with van der Waals surface area (Å²) >= 11 is 0. The van der Waals surface area contributed by atoms with E-state index in [1.807, 2.05) is 6.07 Å². The minimum Gasteiger partial charge on any atom is -0.456 e. The Morgan fingerprint density at radius 2 is 0.719 bits per heavy atom. The first-order valence-electron chi connectivity index (χ1n) is 22.0. The maximum atomic E-state index is 6.44. The van der Waals surface area contributed by atoms with Gasteiger partial charge in [0.05, 0.1) is 22.1 Å². The molecule has 13 rings (SSSR count). The highest BCUT2D eigenvalue weighted by atomic mass is 28.3. The number of hydrogen-bond donors (Lipinski definition) is 0. The van der Waals surface area contributed by atoms with Crippen LogP contribution in [0, 0.1) is 0 Å². The van der Waals surface area contributed by atoms with Crippen molar-refractivity contribution in [2.24, 2.45) is 0 Å². The van der Waals surface area contributed by atoms with Gasteiger partial charge in [-0.15, -0.1) is 0 Å². The minimum atomic E-state index is -2.84. The molecule has 300 valence electrons. The summed E-state index contributed by atoms with van der Waals surface area (Å²) in [5.74, 6) is 0. The van der Waals surface area contributed by atoms with Gasteiger partial charge in [-0.25, -0.2) is 0 Å². The van der Waals surface area contributed by atoms with Crippen molar-refractivity contribution >= 4 is 94.4 Å². The zero-order valence-electron chi connectivity index (χ0n) is 34.9. The van der Waals surface area contributed by atoms with Crippen molar-refractivity contribution < 1.29 is 4.42 Å². The number of fused-ring (bicyclic) bond motifs is 9. The lowest BCUT2D eigenvalue weighted by atomic mass is 10.0. The predicted octanol–water partition coefficient (Wildman–Crippen LogP) is 12.8. The molecule has 0 saturated heterocycles. The largest absolute Gasteiger partial charge is 0.456 e. The quantitative estimate of drug-likeness (QED) is 0.116. The molecular weight excluding hydrogens is 793 g/mol. The van der Waals surface area contributed by atoms with Crippen LogP contribution in [-0.4, -0.2) is 17.2 Å². The Hall–Kier alpha value is -8.18. The molecule has 0 aliphatic rings. The zero-order chi connectivity index (χ0) is 42.2. The number of furan rings is 1. The van der Waals surface area contributed by atoms with Crippen LogP contribution in [0.5, 0.6) is 0 Å². The molecule has 0 amide bonds. The highest BCUT2D eigenvalue weighted by molar-refractivity contribution is 7.19. The lowest BCUT2D eigenvalue weighted by molar-refractivity contribution is 0.669. The van der Waals surface area contributed by atoms with Crippen LogP contribution in [0.25, 0.3) is 88.1 Å². The zero-order valence-corrected chi connectivity index (χ0v) is 35.9. The van der Waals surface area contributed by atoms with E-state index in [2.05, 4.69) is 246 Å². The van der Waals surface area contributed by atoms with E-state index >= 15 is 0 Å². The molecular formula is C60H40N2OSi. The molecule has 3 aromatic heterocycles. The molecule has 0 saturated carbocycles. The molecule has 64 heavy (non-hydrogen) atoms. The number of benzene rings is 10. The van der Waals surface area contributed by atoms with Crippen LogP contribution in [0.4, 0.5) is 0 Å². The number of aromatic nitrogens is 2. The Labute approximate surface area is 371 Å². The lowest BCUT2D eigenvalue weighted by Crippen LogP contribution is -2.74. The van der Waals surface area contributed by atoms with Crippen LogP contribution in [0.15, 0.2) is 247 Å². The van der Waals surface area contributed by atoms with Gasteiger partial charge >= 0.3 is 0 Å². The van der Waals surface area contributed by atoms with Crippen molar-refractivity contribution in [2.45, 2.75) is 0 Å². The minimum absolute atomic E-state index is 0.899. The second-order valence-corrected chi connectivity index (χ2v) is 20.7. The molecule has 0 aliphatic heterocycles. The summed E-state index contributed by atoms with van der Waals surface area (Å²) in [6.07, 6.45) is 0. The van der Waals surface area contributed by atoms with Crippen LogP contribution < -0.4 is 20.7 Å². The van der Waals surface area contributed by atoms with E-state index in [1.165, 1.54) is 75.7 Å².